The van der Waals surface area contributed by atoms with Crippen LogP contribution in [0.4, 0.5) is 5.82 Å². The molecule has 0 spiro atoms. The van der Waals surface area contributed by atoms with Crippen molar-refractivity contribution in [1.82, 2.24) is 10.3 Å². The van der Waals surface area contributed by atoms with Crippen molar-refractivity contribution in [1.29, 1.82) is 0 Å². The zero-order chi connectivity index (χ0) is 19.8. The summed E-state index contributed by atoms with van der Waals surface area (Å²) < 4.78 is 5.36. The number of para-hydroxylation sites is 1. The lowest BCUT2D eigenvalue weighted by molar-refractivity contribution is 0.0950. The van der Waals surface area contributed by atoms with E-state index in [4.69, 9.17) is 4.74 Å². The average molecular weight is 375 g/mol. The molecule has 0 aliphatic heterocycles. The highest BCUT2D eigenvalue weighted by Gasteiger charge is 2.07. The van der Waals surface area contributed by atoms with Gasteiger partial charge in [0, 0.05) is 19.3 Å². The number of nitrogens with zero attached hydrogens (tertiary/aromatic N) is 1. The van der Waals surface area contributed by atoms with Crippen molar-refractivity contribution in [2.45, 2.75) is 19.9 Å². The zero-order valence-corrected chi connectivity index (χ0v) is 16.2. The SMILES string of the molecule is COc1ccccc1CCNc1ccc(C(=O)NCc2cccc(C)c2)cn1. The van der Waals surface area contributed by atoms with E-state index in [2.05, 4.69) is 27.8 Å². The molecule has 2 aromatic carbocycles. The van der Waals surface area contributed by atoms with Crippen LogP contribution in [0.2, 0.25) is 0 Å². The molecule has 3 aromatic rings. The predicted octanol–water partition coefficient (Wildman–Crippen LogP) is 3.98. The molecule has 0 saturated heterocycles. The molecule has 0 fully saturated rings. The van der Waals surface area contributed by atoms with Gasteiger partial charge in [-0.2, -0.15) is 0 Å². The van der Waals surface area contributed by atoms with Crippen LogP contribution in [-0.4, -0.2) is 24.5 Å². The Morgan fingerprint density at radius 1 is 1.07 bits per heavy atom. The number of hydrogen-bond donors (Lipinski definition) is 2. The molecule has 1 heterocycles. The second-order valence-electron chi connectivity index (χ2n) is 6.59. The summed E-state index contributed by atoms with van der Waals surface area (Å²) in [5, 5.41) is 6.20. The summed E-state index contributed by atoms with van der Waals surface area (Å²) in [5.74, 6) is 1.50. The number of carbonyl (C=O) groups is 1. The number of hydrogen-bond acceptors (Lipinski definition) is 4. The molecule has 0 aliphatic rings. The van der Waals surface area contributed by atoms with Crippen LogP contribution in [0.15, 0.2) is 66.9 Å². The Kier molecular flexibility index (Phi) is 6.63. The van der Waals surface area contributed by atoms with Crippen LogP contribution >= 0.6 is 0 Å². The smallest absolute Gasteiger partial charge is 0.253 e. The minimum absolute atomic E-state index is 0.130. The first-order chi connectivity index (χ1) is 13.7. The Bertz CT molecular complexity index is 923. The first kappa shape index (κ1) is 19.4. The van der Waals surface area contributed by atoms with E-state index in [-0.39, 0.29) is 5.91 Å². The molecular formula is C23H25N3O2. The van der Waals surface area contributed by atoms with Gasteiger partial charge in [-0.3, -0.25) is 4.79 Å². The Morgan fingerprint density at radius 2 is 1.93 bits per heavy atom. The first-order valence-electron chi connectivity index (χ1n) is 9.31. The third-order valence-electron chi connectivity index (χ3n) is 4.45. The third kappa shape index (κ3) is 5.33. The van der Waals surface area contributed by atoms with Crippen molar-refractivity contribution in [2.75, 3.05) is 19.0 Å². The molecule has 0 aliphatic carbocycles. The summed E-state index contributed by atoms with van der Waals surface area (Å²) in [7, 11) is 1.68. The van der Waals surface area contributed by atoms with Gasteiger partial charge in [0.1, 0.15) is 11.6 Å². The normalized spacial score (nSPS) is 10.4. The van der Waals surface area contributed by atoms with Crippen LogP contribution in [0.3, 0.4) is 0 Å². The number of ether oxygens (including phenoxy) is 1. The zero-order valence-electron chi connectivity index (χ0n) is 16.2. The summed E-state index contributed by atoms with van der Waals surface area (Å²) in [6.45, 7) is 3.26. The van der Waals surface area contributed by atoms with E-state index in [0.29, 0.717) is 12.1 Å². The summed E-state index contributed by atoms with van der Waals surface area (Å²) in [6, 6.07) is 19.7. The summed E-state index contributed by atoms with van der Waals surface area (Å²) in [4.78, 5) is 16.6. The Labute approximate surface area is 165 Å². The highest BCUT2D eigenvalue weighted by molar-refractivity contribution is 5.94. The molecule has 5 nitrogen and oxygen atoms in total. The molecule has 1 aromatic heterocycles. The maximum absolute atomic E-state index is 12.3. The van der Waals surface area contributed by atoms with Gasteiger partial charge >= 0.3 is 0 Å². The molecule has 28 heavy (non-hydrogen) atoms. The van der Waals surface area contributed by atoms with Gasteiger partial charge < -0.3 is 15.4 Å². The Morgan fingerprint density at radius 3 is 2.68 bits per heavy atom. The van der Waals surface area contributed by atoms with Crippen molar-refractivity contribution in [3.8, 4) is 5.75 Å². The molecule has 0 atom stereocenters. The van der Waals surface area contributed by atoms with Crippen molar-refractivity contribution in [3.63, 3.8) is 0 Å². The van der Waals surface area contributed by atoms with E-state index in [1.807, 2.05) is 49.4 Å². The molecule has 0 unspecified atom stereocenters. The number of aromatic nitrogens is 1. The van der Waals surface area contributed by atoms with Crippen LogP contribution in [0.5, 0.6) is 5.75 Å². The minimum Gasteiger partial charge on any atom is -0.496 e. The van der Waals surface area contributed by atoms with E-state index >= 15 is 0 Å². The molecular weight excluding hydrogens is 350 g/mol. The molecule has 2 N–H and O–H groups in total. The number of methoxy groups -OCH3 is 1. The van der Waals surface area contributed by atoms with Gasteiger partial charge in [0.15, 0.2) is 0 Å². The van der Waals surface area contributed by atoms with Crippen molar-refractivity contribution in [3.05, 3.63) is 89.1 Å². The number of carbonyl (C=O) groups excluding carboxylic acids is 1. The van der Waals surface area contributed by atoms with Crippen molar-refractivity contribution < 1.29 is 9.53 Å². The van der Waals surface area contributed by atoms with E-state index in [9.17, 15) is 4.79 Å². The van der Waals surface area contributed by atoms with Gasteiger partial charge in [-0.15, -0.1) is 0 Å². The van der Waals surface area contributed by atoms with Crippen molar-refractivity contribution in [2.24, 2.45) is 0 Å². The van der Waals surface area contributed by atoms with Gasteiger partial charge in [-0.1, -0.05) is 48.0 Å². The van der Waals surface area contributed by atoms with Crippen LogP contribution in [0, 0.1) is 6.92 Å². The summed E-state index contributed by atoms with van der Waals surface area (Å²) in [6.07, 6.45) is 2.42. The lowest BCUT2D eigenvalue weighted by atomic mass is 10.1. The molecule has 144 valence electrons. The van der Waals surface area contributed by atoms with Gasteiger partial charge in [-0.05, 0) is 42.7 Å². The Hall–Kier alpha value is -3.34. The topological polar surface area (TPSA) is 63.2 Å². The van der Waals surface area contributed by atoms with Crippen LogP contribution in [0.1, 0.15) is 27.0 Å². The maximum atomic E-state index is 12.3. The molecule has 0 saturated carbocycles. The monoisotopic (exact) mass is 375 g/mol. The third-order valence-corrected chi connectivity index (χ3v) is 4.45. The second kappa shape index (κ2) is 9.55. The minimum atomic E-state index is -0.130. The molecule has 3 rings (SSSR count). The van der Waals surface area contributed by atoms with Crippen LogP contribution in [0.25, 0.3) is 0 Å². The Balaban J connectivity index is 1.49. The maximum Gasteiger partial charge on any atom is 0.253 e. The summed E-state index contributed by atoms with van der Waals surface area (Å²) in [5.41, 5.74) is 3.94. The largest absolute Gasteiger partial charge is 0.496 e. The van der Waals surface area contributed by atoms with Crippen LogP contribution in [-0.2, 0) is 13.0 Å². The van der Waals surface area contributed by atoms with Gasteiger partial charge in [0.2, 0.25) is 0 Å². The molecule has 0 bridgehead atoms. The molecule has 0 radical (unpaired) electrons. The number of pyridine rings is 1. The predicted molar refractivity (Wildman–Crippen MR) is 112 cm³/mol. The lowest BCUT2D eigenvalue weighted by Gasteiger charge is -2.10. The highest BCUT2D eigenvalue weighted by Crippen LogP contribution is 2.17. The fourth-order valence-electron chi connectivity index (χ4n) is 2.97. The van der Waals surface area contributed by atoms with E-state index in [1.165, 1.54) is 5.56 Å². The standard InChI is InChI=1S/C23H25N3O2/c1-17-6-5-7-18(14-17)15-26-23(27)20-10-11-22(25-16-20)24-13-12-19-8-3-4-9-21(19)28-2/h3-11,14,16H,12-13,15H2,1-2H3,(H,24,25)(H,26,27). The number of anilines is 1. The van der Waals surface area contributed by atoms with Crippen LogP contribution < -0.4 is 15.4 Å². The number of nitrogens with one attached hydrogen (secondary N) is 2. The van der Waals surface area contributed by atoms with Gasteiger partial charge in [0.25, 0.3) is 5.91 Å². The highest BCUT2D eigenvalue weighted by atomic mass is 16.5. The van der Waals surface area contributed by atoms with Crippen molar-refractivity contribution >= 4 is 11.7 Å². The number of benzene rings is 2. The quantitative estimate of drug-likeness (QED) is 0.625. The molecule has 5 heteroatoms. The van der Waals surface area contributed by atoms with E-state index in [0.717, 1.165) is 35.7 Å². The van der Waals surface area contributed by atoms with Gasteiger partial charge in [-0.25, -0.2) is 4.98 Å². The fourth-order valence-corrected chi connectivity index (χ4v) is 2.97. The van der Waals surface area contributed by atoms with E-state index < -0.39 is 0 Å². The average Bonchev–Trinajstić information content (AvgIpc) is 2.73. The molecule has 1 amide bonds. The van der Waals surface area contributed by atoms with Gasteiger partial charge in [0.05, 0.1) is 12.7 Å². The fraction of sp³-hybridized carbons (Fsp3) is 0.217. The number of amides is 1. The van der Waals surface area contributed by atoms with E-state index in [1.54, 1.807) is 19.4 Å². The number of rotatable bonds is 8. The second-order valence-corrected chi connectivity index (χ2v) is 6.59. The number of aryl methyl sites for hydroxylation is 1. The lowest BCUT2D eigenvalue weighted by Crippen LogP contribution is -2.23. The summed E-state index contributed by atoms with van der Waals surface area (Å²) >= 11 is 0. The first-order valence-corrected chi connectivity index (χ1v) is 9.31.